The molecule has 1 aliphatic heterocycles. The second-order valence-electron chi connectivity index (χ2n) is 5.88. The van der Waals surface area contributed by atoms with E-state index in [1.54, 1.807) is 0 Å². The number of nitrogens with one attached hydrogen (secondary N) is 1. The second-order valence-corrected chi connectivity index (χ2v) is 5.88. The van der Waals surface area contributed by atoms with Crippen LogP contribution in [-0.2, 0) is 17.7 Å². The number of fused-ring (bicyclic) bond motifs is 1. The van der Waals surface area contributed by atoms with Gasteiger partial charge in [0.05, 0.1) is 23.7 Å². The Balaban J connectivity index is 1.86. The van der Waals surface area contributed by atoms with Crippen LogP contribution in [0.15, 0.2) is 24.3 Å². The molecule has 3 atom stereocenters. The smallest absolute Gasteiger partial charge is 0.111 e. The Labute approximate surface area is 125 Å². The highest BCUT2D eigenvalue weighted by Crippen LogP contribution is 2.25. The van der Waals surface area contributed by atoms with Crippen molar-refractivity contribution >= 4 is 11.0 Å². The number of benzene rings is 1. The summed E-state index contributed by atoms with van der Waals surface area (Å²) < 4.78 is 7.96. The number of aromatic nitrogens is 2. The molecular formula is C16H24N4O. The summed E-state index contributed by atoms with van der Waals surface area (Å²) in [5, 5.41) is 0. The molecule has 1 aromatic heterocycles. The van der Waals surface area contributed by atoms with Gasteiger partial charge < -0.3 is 9.30 Å². The van der Waals surface area contributed by atoms with E-state index >= 15 is 0 Å². The fourth-order valence-corrected chi connectivity index (χ4v) is 3.32. The molecule has 0 saturated carbocycles. The third kappa shape index (κ3) is 2.81. The molecule has 114 valence electrons. The van der Waals surface area contributed by atoms with Crippen molar-refractivity contribution in [2.75, 3.05) is 6.61 Å². The highest BCUT2D eigenvalue weighted by molar-refractivity contribution is 5.75. The molecule has 0 radical (unpaired) electrons. The van der Waals surface area contributed by atoms with E-state index < -0.39 is 0 Å². The van der Waals surface area contributed by atoms with Crippen molar-refractivity contribution in [3.63, 3.8) is 0 Å². The van der Waals surface area contributed by atoms with E-state index in [2.05, 4.69) is 42.0 Å². The number of nitrogens with two attached hydrogens (primary N) is 1. The zero-order chi connectivity index (χ0) is 14.8. The molecule has 1 aliphatic rings. The van der Waals surface area contributed by atoms with Crippen LogP contribution in [0.25, 0.3) is 11.0 Å². The highest BCUT2D eigenvalue weighted by atomic mass is 16.5. The zero-order valence-electron chi connectivity index (χ0n) is 12.7. The Morgan fingerprint density at radius 1 is 1.48 bits per heavy atom. The number of para-hydroxylation sites is 2. The maximum atomic E-state index is 5.79. The van der Waals surface area contributed by atoms with Crippen LogP contribution in [0.2, 0.25) is 0 Å². The lowest BCUT2D eigenvalue weighted by Gasteiger charge is -2.21. The average molecular weight is 288 g/mol. The maximum absolute atomic E-state index is 5.79. The van der Waals surface area contributed by atoms with Gasteiger partial charge in [-0.3, -0.25) is 11.3 Å². The van der Waals surface area contributed by atoms with Crippen molar-refractivity contribution in [1.29, 1.82) is 0 Å². The summed E-state index contributed by atoms with van der Waals surface area (Å²) in [7, 11) is 0. The first-order valence-electron chi connectivity index (χ1n) is 7.74. The summed E-state index contributed by atoms with van der Waals surface area (Å²) in [4.78, 5) is 4.79. The molecule has 3 rings (SSSR count). The van der Waals surface area contributed by atoms with Crippen molar-refractivity contribution < 1.29 is 4.74 Å². The Bertz CT molecular complexity index is 609. The van der Waals surface area contributed by atoms with Crippen LogP contribution in [0.1, 0.15) is 26.1 Å². The number of nitrogens with zero attached hydrogens (tertiary/aromatic N) is 2. The Morgan fingerprint density at radius 2 is 2.29 bits per heavy atom. The summed E-state index contributed by atoms with van der Waals surface area (Å²) >= 11 is 0. The maximum Gasteiger partial charge on any atom is 0.111 e. The first-order valence-corrected chi connectivity index (χ1v) is 7.74. The largest absolute Gasteiger partial charge is 0.378 e. The number of aryl methyl sites for hydroxylation is 1. The standard InChI is InChI=1S/C16H24N4O/c1-3-20-15-7-5-4-6-13(15)18-16(20)9-14(19-17)12-8-11(2)21-10-12/h4-7,11-12,14,19H,3,8-10,17H2,1-2H3. The Kier molecular flexibility index (Phi) is 4.24. The second kappa shape index (κ2) is 6.13. The molecule has 0 spiro atoms. The highest BCUT2D eigenvalue weighted by Gasteiger charge is 2.30. The number of hydrogen-bond donors (Lipinski definition) is 2. The molecule has 2 aromatic rings. The van der Waals surface area contributed by atoms with Gasteiger partial charge in [-0.2, -0.15) is 0 Å². The molecule has 1 saturated heterocycles. The minimum Gasteiger partial charge on any atom is -0.378 e. The predicted octanol–water partition coefficient (Wildman–Crippen LogP) is 1.86. The van der Waals surface area contributed by atoms with E-state index in [-0.39, 0.29) is 6.04 Å². The third-order valence-corrected chi connectivity index (χ3v) is 4.46. The molecule has 3 unspecified atom stereocenters. The van der Waals surface area contributed by atoms with Crippen LogP contribution in [0.5, 0.6) is 0 Å². The lowest BCUT2D eigenvalue weighted by molar-refractivity contribution is 0.116. The number of rotatable bonds is 5. The van der Waals surface area contributed by atoms with Crippen molar-refractivity contribution in [2.24, 2.45) is 11.8 Å². The van der Waals surface area contributed by atoms with Gasteiger partial charge in [0.1, 0.15) is 5.82 Å². The quantitative estimate of drug-likeness (QED) is 0.651. The molecule has 5 heteroatoms. The molecule has 3 N–H and O–H groups in total. The van der Waals surface area contributed by atoms with E-state index in [4.69, 9.17) is 15.6 Å². The molecule has 0 bridgehead atoms. The summed E-state index contributed by atoms with van der Waals surface area (Å²) in [6.07, 6.45) is 2.22. The van der Waals surface area contributed by atoms with Gasteiger partial charge in [0.25, 0.3) is 0 Å². The van der Waals surface area contributed by atoms with Crippen LogP contribution in [0, 0.1) is 5.92 Å². The third-order valence-electron chi connectivity index (χ3n) is 4.46. The Hall–Kier alpha value is -1.43. The number of ether oxygens (including phenoxy) is 1. The van der Waals surface area contributed by atoms with Gasteiger partial charge in [-0.15, -0.1) is 0 Å². The van der Waals surface area contributed by atoms with Gasteiger partial charge in [0.2, 0.25) is 0 Å². The lowest BCUT2D eigenvalue weighted by atomic mass is 9.94. The number of imidazole rings is 1. The van der Waals surface area contributed by atoms with Gasteiger partial charge in [0, 0.05) is 24.9 Å². The average Bonchev–Trinajstić information content (AvgIpc) is 3.07. The van der Waals surface area contributed by atoms with Gasteiger partial charge in [-0.25, -0.2) is 4.98 Å². The molecule has 1 aromatic carbocycles. The molecule has 0 amide bonds. The van der Waals surface area contributed by atoms with Crippen LogP contribution < -0.4 is 11.3 Å². The van der Waals surface area contributed by atoms with E-state index in [1.165, 1.54) is 5.52 Å². The van der Waals surface area contributed by atoms with E-state index in [9.17, 15) is 0 Å². The van der Waals surface area contributed by atoms with Gasteiger partial charge in [0.15, 0.2) is 0 Å². The van der Waals surface area contributed by atoms with E-state index in [1.807, 2.05) is 6.07 Å². The molecule has 21 heavy (non-hydrogen) atoms. The fourth-order valence-electron chi connectivity index (χ4n) is 3.32. The minimum absolute atomic E-state index is 0.206. The predicted molar refractivity (Wildman–Crippen MR) is 83.7 cm³/mol. The van der Waals surface area contributed by atoms with E-state index in [0.29, 0.717) is 12.0 Å². The van der Waals surface area contributed by atoms with Crippen molar-refractivity contribution in [1.82, 2.24) is 15.0 Å². The molecule has 5 nitrogen and oxygen atoms in total. The van der Waals surface area contributed by atoms with Crippen LogP contribution in [0.4, 0.5) is 0 Å². The summed E-state index contributed by atoms with van der Waals surface area (Å²) in [5.74, 6) is 7.34. The normalized spacial score (nSPS) is 23.8. The molecule has 0 aliphatic carbocycles. The van der Waals surface area contributed by atoms with Crippen LogP contribution in [0.3, 0.4) is 0 Å². The topological polar surface area (TPSA) is 65.1 Å². The number of hydrazine groups is 1. The SMILES string of the molecule is CCn1c(CC(NN)C2COC(C)C2)nc2ccccc21. The van der Waals surface area contributed by atoms with Crippen LogP contribution >= 0.6 is 0 Å². The first-order chi connectivity index (χ1) is 10.2. The van der Waals surface area contributed by atoms with Crippen molar-refractivity contribution in [2.45, 2.75) is 45.4 Å². The fraction of sp³-hybridized carbons (Fsp3) is 0.562. The molecule has 1 fully saturated rings. The first kappa shape index (κ1) is 14.5. The lowest BCUT2D eigenvalue weighted by Crippen LogP contribution is -2.43. The molecular weight excluding hydrogens is 264 g/mol. The van der Waals surface area contributed by atoms with Crippen LogP contribution in [-0.4, -0.2) is 28.3 Å². The summed E-state index contributed by atoms with van der Waals surface area (Å²) in [6, 6.07) is 8.49. The minimum atomic E-state index is 0.206. The van der Waals surface area contributed by atoms with Gasteiger partial charge in [-0.05, 0) is 32.4 Å². The van der Waals surface area contributed by atoms with Gasteiger partial charge >= 0.3 is 0 Å². The molecule has 2 heterocycles. The zero-order valence-corrected chi connectivity index (χ0v) is 12.7. The van der Waals surface area contributed by atoms with Crippen molar-refractivity contribution in [3.05, 3.63) is 30.1 Å². The van der Waals surface area contributed by atoms with Gasteiger partial charge in [-0.1, -0.05) is 12.1 Å². The number of hydrogen-bond acceptors (Lipinski definition) is 4. The Morgan fingerprint density at radius 3 is 2.95 bits per heavy atom. The van der Waals surface area contributed by atoms with Crippen molar-refractivity contribution in [3.8, 4) is 0 Å². The summed E-state index contributed by atoms with van der Waals surface area (Å²) in [5.41, 5.74) is 5.23. The summed E-state index contributed by atoms with van der Waals surface area (Å²) in [6.45, 7) is 5.98. The monoisotopic (exact) mass is 288 g/mol. The van der Waals surface area contributed by atoms with E-state index in [0.717, 1.165) is 37.3 Å².